The quantitative estimate of drug-likeness (QED) is 0.613. The van der Waals surface area contributed by atoms with Crippen molar-refractivity contribution in [3.05, 3.63) is 0 Å². The molecule has 0 aromatic heterocycles. The van der Waals surface area contributed by atoms with E-state index in [1.54, 1.807) is 13.8 Å². The number of amides is 1. The maximum absolute atomic E-state index is 11.2. The van der Waals surface area contributed by atoms with Crippen molar-refractivity contribution < 1.29 is 24.2 Å². The lowest BCUT2D eigenvalue weighted by atomic mass is 10.3. The van der Waals surface area contributed by atoms with E-state index in [9.17, 15) is 9.59 Å². The van der Waals surface area contributed by atoms with E-state index >= 15 is 0 Å². The lowest BCUT2D eigenvalue weighted by molar-refractivity contribution is -0.150. The fourth-order valence-electron chi connectivity index (χ4n) is 0.695. The average molecular weight is 205 g/mol. The highest BCUT2D eigenvalue weighted by molar-refractivity contribution is 5.81. The molecule has 0 rings (SSSR count). The summed E-state index contributed by atoms with van der Waals surface area (Å²) in [6.07, 6.45) is -1.08. The Bertz CT molecular complexity index is 204. The molecule has 0 aromatic rings. The van der Waals surface area contributed by atoms with Gasteiger partial charge in [0.2, 0.25) is 0 Å². The molecule has 14 heavy (non-hydrogen) atoms. The number of methoxy groups -OCH3 is 1. The fourth-order valence-corrected chi connectivity index (χ4v) is 0.695. The first kappa shape index (κ1) is 12.7. The Hall–Kier alpha value is -1.30. The van der Waals surface area contributed by atoms with Crippen LogP contribution < -0.4 is 5.32 Å². The van der Waals surface area contributed by atoms with E-state index in [-0.39, 0.29) is 6.10 Å². The smallest absolute Gasteiger partial charge is 0.407 e. The molecule has 0 saturated heterocycles. The first-order valence-electron chi connectivity index (χ1n) is 4.17. The minimum Gasteiger partial charge on any atom is -0.461 e. The number of esters is 1. The van der Waals surface area contributed by atoms with Gasteiger partial charge in [0, 0.05) is 0 Å². The number of alkyl carbamates (subject to hydrolysis) is 1. The van der Waals surface area contributed by atoms with Crippen LogP contribution >= 0.6 is 0 Å². The van der Waals surface area contributed by atoms with Gasteiger partial charge in [0.1, 0.15) is 0 Å². The zero-order chi connectivity index (χ0) is 11.1. The number of hydrogen-bond acceptors (Lipinski definition) is 5. The van der Waals surface area contributed by atoms with Crippen molar-refractivity contribution in [2.24, 2.45) is 0 Å². The molecule has 2 N–H and O–H groups in total. The first-order chi connectivity index (χ1) is 6.51. The van der Waals surface area contributed by atoms with E-state index in [1.165, 1.54) is 0 Å². The van der Waals surface area contributed by atoms with Gasteiger partial charge in [0.05, 0.1) is 19.8 Å². The van der Waals surface area contributed by atoms with Crippen molar-refractivity contribution in [2.45, 2.75) is 26.0 Å². The van der Waals surface area contributed by atoms with E-state index in [2.05, 4.69) is 10.1 Å². The number of rotatable bonds is 4. The molecule has 0 spiro atoms. The van der Waals surface area contributed by atoms with Crippen molar-refractivity contribution in [1.29, 1.82) is 0 Å². The highest BCUT2D eigenvalue weighted by Gasteiger charge is 2.22. The van der Waals surface area contributed by atoms with Crippen LogP contribution in [0.1, 0.15) is 13.8 Å². The van der Waals surface area contributed by atoms with Crippen molar-refractivity contribution in [1.82, 2.24) is 5.32 Å². The number of nitrogens with one attached hydrogen (secondary N) is 1. The normalized spacial score (nSPS) is 12.1. The molecule has 0 saturated carbocycles. The molecular weight excluding hydrogens is 190 g/mol. The molecule has 82 valence electrons. The Labute approximate surface area is 82.2 Å². The Balaban J connectivity index is 4.12. The predicted octanol–water partition coefficient (Wildman–Crippen LogP) is -0.345. The first-order valence-corrected chi connectivity index (χ1v) is 4.17. The number of carbonyl (C=O) groups excluding carboxylic acids is 2. The maximum atomic E-state index is 11.2. The molecule has 0 radical (unpaired) electrons. The molecule has 0 aliphatic heterocycles. The van der Waals surface area contributed by atoms with Crippen LogP contribution in [0.4, 0.5) is 4.79 Å². The highest BCUT2D eigenvalue weighted by atomic mass is 16.6. The second-order valence-corrected chi connectivity index (χ2v) is 2.86. The summed E-state index contributed by atoms with van der Waals surface area (Å²) in [6.45, 7) is 2.82. The van der Waals surface area contributed by atoms with Gasteiger partial charge < -0.3 is 19.9 Å². The molecule has 0 aliphatic rings. The molecule has 1 amide bonds. The minimum atomic E-state index is -1.08. The lowest BCUT2D eigenvalue weighted by Gasteiger charge is -2.16. The second kappa shape index (κ2) is 6.20. The molecule has 0 aromatic carbocycles. The third kappa shape index (κ3) is 4.66. The summed E-state index contributed by atoms with van der Waals surface area (Å²) in [5.41, 5.74) is 0. The van der Waals surface area contributed by atoms with E-state index < -0.39 is 24.7 Å². The molecule has 6 nitrogen and oxygen atoms in total. The van der Waals surface area contributed by atoms with Crippen molar-refractivity contribution in [2.75, 3.05) is 13.7 Å². The molecule has 0 aliphatic carbocycles. The van der Waals surface area contributed by atoms with Crippen molar-refractivity contribution in [3.63, 3.8) is 0 Å². The number of hydrogen-bond donors (Lipinski definition) is 2. The summed E-state index contributed by atoms with van der Waals surface area (Å²) < 4.78 is 9.05. The SMILES string of the molecule is COC(=O)NC(CO)C(=O)OC(C)C. The number of carbonyl (C=O) groups is 2. The Morgan fingerprint density at radius 2 is 2.00 bits per heavy atom. The topological polar surface area (TPSA) is 84.9 Å². The summed E-state index contributed by atoms with van der Waals surface area (Å²) >= 11 is 0. The maximum Gasteiger partial charge on any atom is 0.407 e. The largest absolute Gasteiger partial charge is 0.461 e. The van der Waals surface area contributed by atoms with E-state index in [0.29, 0.717) is 0 Å². The highest BCUT2D eigenvalue weighted by Crippen LogP contribution is 1.94. The van der Waals surface area contributed by atoms with Crippen LogP contribution in [-0.2, 0) is 14.3 Å². The van der Waals surface area contributed by atoms with Gasteiger partial charge in [-0.2, -0.15) is 0 Å². The van der Waals surface area contributed by atoms with Gasteiger partial charge in [0.25, 0.3) is 0 Å². The molecular formula is C8H15NO5. The van der Waals surface area contributed by atoms with Gasteiger partial charge in [-0.15, -0.1) is 0 Å². The summed E-state index contributed by atoms with van der Waals surface area (Å²) in [6, 6.07) is -1.08. The van der Waals surface area contributed by atoms with Crippen LogP contribution in [0, 0.1) is 0 Å². The lowest BCUT2D eigenvalue weighted by Crippen LogP contribution is -2.44. The molecule has 0 bridgehead atoms. The minimum absolute atomic E-state index is 0.295. The standard InChI is InChI=1S/C8H15NO5/c1-5(2)14-7(11)6(4-10)9-8(12)13-3/h5-6,10H,4H2,1-3H3,(H,9,12). The number of ether oxygens (including phenoxy) is 2. The van der Waals surface area contributed by atoms with Crippen LogP contribution in [0.15, 0.2) is 0 Å². The van der Waals surface area contributed by atoms with Gasteiger partial charge in [-0.05, 0) is 13.8 Å². The van der Waals surface area contributed by atoms with Crippen LogP contribution in [0.25, 0.3) is 0 Å². The summed E-state index contributed by atoms with van der Waals surface area (Å²) in [5, 5.41) is 10.9. The molecule has 1 atom stereocenters. The van der Waals surface area contributed by atoms with Crippen LogP contribution in [0.3, 0.4) is 0 Å². The molecule has 1 unspecified atom stereocenters. The molecule has 6 heteroatoms. The summed E-state index contributed by atoms with van der Waals surface area (Å²) in [7, 11) is 1.16. The Morgan fingerprint density at radius 1 is 1.43 bits per heavy atom. The van der Waals surface area contributed by atoms with Crippen molar-refractivity contribution in [3.8, 4) is 0 Å². The fraction of sp³-hybridized carbons (Fsp3) is 0.750. The molecule has 0 heterocycles. The summed E-state index contributed by atoms with van der Waals surface area (Å²) in [4.78, 5) is 21.9. The average Bonchev–Trinajstić information content (AvgIpc) is 2.12. The van der Waals surface area contributed by atoms with E-state index in [0.717, 1.165) is 7.11 Å². The molecule has 0 fully saturated rings. The van der Waals surface area contributed by atoms with Gasteiger partial charge >= 0.3 is 12.1 Å². The van der Waals surface area contributed by atoms with Gasteiger partial charge in [-0.25, -0.2) is 9.59 Å². The van der Waals surface area contributed by atoms with E-state index in [4.69, 9.17) is 9.84 Å². The monoisotopic (exact) mass is 205 g/mol. The van der Waals surface area contributed by atoms with Gasteiger partial charge in [-0.3, -0.25) is 0 Å². The van der Waals surface area contributed by atoms with Crippen LogP contribution in [-0.4, -0.2) is 43.0 Å². The van der Waals surface area contributed by atoms with Crippen LogP contribution in [0.2, 0.25) is 0 Å². The Morgan fingerprint density at radius 3 is 2.36 bits per heavy atom. The second-order valence-electron chi connectivity index (χ2n) is 2.86. The van der Waals surface area contributed by atoms with Gasteiger partial charge in [-0.1, -0.05) is 0 Å². The predicted molar refractivity (Wildman–Crippen MR) is 47.6 cm³/mol. The number of aliphatic hydroxyl groups is 1. The number of aliphatic hydroxyl groups excluding tert-OH is 1. The van der Waals surface area contributed by atoms with Crippen molar-refractivity contribution >= 4 is 12.1 Å². The van der Waals surface area contributed by atoms with Gasteiger partial charge in [0.15, 0.2) is 6.04 Å². The third-order valence-corrected chi connectivity index (χ3v) is 1.30. The third-order valence-electron chi connectivity index (χ3n) is 1.30. The Kier molecular flexibility index (Phi) is 5.62. The van der Waals surface area contributed by atoms with Crippen LogP contribution in [0.5, 0.6) is 0 Å². The summed E-state index contributed by atoms with van der Waals surface area (Å²) in [5.74, 6) is -0.687. The van der Waals surface area contributed by atoms with E-state index in [1.807, 2.05) is 0 Å². The zero-order valence-electron chi connectivity index (χ0n) is 8.44. The zero-order valence-corrected chi connectivity index (χ0v) is 8.44.